The van der Waals surface area contributed by atoms with Gasteiger partial charge in [0, 0.05) is 13.0 Å². The number of aryl methyl sites for hydroxylation is 1. The van der Waals surface area contributed by atoms with Gasteiger partial charge in [-0.25, -0.2) is 14.3 Å². The number of fused-ring (bicyclic) bond motifs is 1. The van der Waals surface area contributed by atoms with Crippen LogP contribution in [0.15, 0.2) is 29.1 Å². The summed E-state index contributed by atoms with van der Waals surface area (Å²) in [7, 11) is 0. The second kappa shape index (κ2) is 8.00. The zero-order valence-electron chi connectivity index (χ0n) is 14.4. The van der Waals surface area contributed by atoms with Crippen LogP contribution in [0.25, 0.3) is 0 Å². The summed E-state index contributed by atoms with van der Waals surface area (Å²) in [5.41, 5.74) is -0.239. The minimum absolute atomic E-state index is 0.188. The van der Waals surface area contributed by atoms with E-state index in [2.05, 4.69) is 5.10 Å². The quantitative estimate of drug-likeness (QED) is 0.592. The zero-order chi connectivity index (χ0) is 17.6. The topological polar surface area (TPSA) is 75.3 Å². The van der Waals surface area contributed by atoms with Gasteiger partial charge in [0.1, 0.15) is 23.9 Å². The Hall–Kier alpha value is -2.57. The molecule has 1 aromatic carbocycles. The van der Waals surface area contributed by atoms with Crippen molar-refractivity contribution in [3.63, 3.8) is 0 Å². The Balaban J connectivity index is 1.62. The first kappa shape index (κ1) is 17.3. The van der Waals surface area contributed by atoms with Crippen molar-refractivity contribution in [2.75, 3.05) is 6.61 Å². The van der Waals surface area contributed by atoms with E-state index in [1.807, 2.05) is 6.92 Å². The van der Waals surface area contributed by atoms with Crippen molar-refractivity contribution < 1.29 is 14.3 Å². The van der Waals surface area contributed by atoms with Crippen LogP contribution in [0.3, 0.4) is 0 Å². The van der Waals surface area contributed by atoms with Gasteiger partial charge in [-0.3, -0.25) is 4.57 Å². The molecule has 1 aliphatic rings. The molecule has 134 valence electrons. The van der Waals surface area contributed by atoms with E-state index in [1.54, 1.807) is 28.8 Å². The maximum Gasteiger partial charge on any atom is 0.346 e. The largest absolute Gasteiger partial charge is 0.494 e. The van der Waals surface area contributed by atoms with Crippen molar-refractivity contribution in [2.45, 2.75) is 52.1 Å². The van der Waals surface area contributed by atoms with Gasteiger partial charge in [0.25, 0.3) is 0 Å². The smallest absolute Gasteiger partial charge is 0.346 e. The lowest BCUT2D eigenvalue weighted by molar-refractivity contribution is -0.135. The Labute approximate surface area is 146 Å². The summed E-state index contributed by atoms with van der Waals surface area (Å²) in [5, 5.41) is 4.29. The normalized spacial score (nSPS) is 13.8. The molecule has 2 aromatic rings. The molecule has 7 nitrogen and oxygen atoms in total. The molecule has 0 atom stereocenters. The molecule has 0 saturated heterocycles. The van der Waals surface area contributed by atoms with Crippen LogP contribution < -0.4 is 15.2 Å². The standard InChI is InChI=1S/C18H23N3O4/c1-2-12-24-14-7-9-15(10-8-14)25-17(22)13-21-18(23)20-11-5-3-4-6-16(20)19-21/h7-10H,2-6,11-13H2,1H3. The van der Waals surface area contributed by atoms with E-state index < -0.39 is 5.97 Å². The third kappa shape index (κ3) is 4.29. The minimum atomic E-state index is -0.516. The van der Waals surface area contributed by atoms with Crippen molar-refractivity contribution in [3.8, 4) is 11.5 Å². The molecule has 1 aliphatic heterocycles. The highest BCUT2D eigenvalue weighted by Gasteiger charge is 2.18. The summed E-state index contributed by atoms with van der Waals surface area (Å²) >= 11 is 0. The third-order valence-electron chi connectivity index (χ3n) is 4.09. The maximum atomic E-state index is 12.3. The average molecular weight is 345 g/mol. The Bertz CT molecular complexity index is 777. The predicted molar refractivity (Wildman–Crippen MR) is 91.9 cm³/mol. The number of carbonyl (C=O) groups excluding carboxylic acids is 1. The van der Waals surface area contributed by atoms with Gasteiger partial charge in [-0.2, -0.15) is 5.10 Å². The molecule has 1 aromatic heterocycles. The molecule has 0 fully saturated rings. The first-order valence-corrected chi connectivity index (χ1v) is 8.77. The predicted octanol–water partition coefficient (Wildman–Crippen LogP) is 2.17. The van der Waals surface area contributed by atoms with Gasteiger partial charge >= 0.3 is 11.7 Å². The lowest BCUT2D eigenvalue weighted by atomic mass is 10.2. The van der Waals surface area contributed by atoms with Crippen molar-refractivity contribution in [1.29, 1.82) is 0 Å². The van der Waals surface area contributed by atoms with Crippen LogP contribution in [-0.2, 0) is 24.3 Å². The van der Waals surface area contributed by atoms with Crippen LogP contribution in [0.5, 0.6) is 11.5 Å². The molecule has 2 heterocycles. The highest BCUT2D eigenvalue weighted by Crippen LogP contribution is 2.18. The Morgan fingerprint density at radius 3 is 2.68 bits per heavy atom. The summed E-state index contributed by atoms with van der Waals surface area (Å²) in [6.07, 6.45) is 4.79. The number of carbonyl (C=O) groups is 1. The van der Waals surface area contributed by atoms with Crippen LogP contribution in [0.4, 0.5) is 0 Å². The summed E-state index contributed by atoms with van der Waals surface area (Å²) in [5.74, 6) is 1.39. The average Bonchev–Trinajstić information content (AvgIpc) is 2.78. The van der Waals surface area contributed by atoms with Crippen LogP contribution >= 0.6 is 0 Å². The summed E-state index contributed by atoms with van der Waals surface area (Å²) in [6, 6.07) is 6.86. The van der Waals surface area contributed by atoms with E-state index in [0.717, 1.165) is 43.7 Å². The van der Waals surface area contributed by atoms with Gasteiger partial charge in [0.05, 0.1) is 6.61 Å². The number of hydrogen-bond donors (Lipinski definition) is 0. The van der Waals surface area contributed by atoms with Gasteiger partial charge in [0.2, 0.25) is 0 Å². The van der Waals surface area contributed by atoms with Crippen molar-refractivity contribution in [1.82, 2.24) is 14.3 Å². The molecule has 0 amide bonds. The van der Waals surface area contributed by atoms with Gasteiger partial charge in [0.15, 0.2) is 0 Å². The van der Waals surface area contributed by atoms with Crippen molar-refractivity contribution in [2.24, 2.45) is 0 Å². The molecule has 0 aliphatic carbocycles. The van der Waals surface area contributed by atoms with Crippen molar-refractivity contribution >= 4 is 5.97 Å². The lowest BCUT2D eigenvalue weighted by Crippen LogP contribution is -2.29. The molecule has 0 N–H and O–H groups in total. The molecular weight excluding hydrogens is 322 g/mol. The highest BCUT2D eigenvalue weighted by molar-refractivity contribution is 5.72. The monoisotopic (exact) mass is 345 g/mol. The second-order valence-electron chi connectivity index (χ2n) is 6.11. The first-order chi connectivity index (χ1) is 12.2. The van der Waals surface area contributed by atoms with Crippen molar-refractivity contribution in [3.05, 3.63) is 40.6 Å². The van der Waals surface area contributed by atoms with Crippen LogP contribution in [0.1, 0.15) is 38.4 Å². The zero-order valence-corrected chi connectivity index (χ0v) is 14.4. The summed E-state index contributed by atoms with van der Waals surface area (Å²) in [6.45, 7) is 3.16. The Morgan fingerprint density at radius 2 is 1.92 bits per heavy atom. The van der Waals surface area contributed by atoms with Gasteiger partial charge < -0.3 is 9.47 Å². The number of rotatable bonds is 6. The molecule has 0 radical (unpaired) electrons. The molecule has 3 rings (SSSR count). The molecule has 0 saturated carbocycles. The fraction of sp³-hybridized carbons (Fsp3) is 0.500. The lowest BCUT2D eigenvalue weighted by Gasteiger charge is -2.06. The van der Waals surface area contributed by atoms with E-state index in [4.69, 9.17) is 9.47 Å². The number of benzene rings is 1. The molecule has 0 bridgehead atoms. The van der Waals surface area contributed by atoms with Gasteiger partial charge in [-0.15, -0.1) is 0 Å². The minimum Gasteiger partial charge on any atom is -0.494 e. The van der Waals surface area contributed by atoms with E-state index in [0.29, 0.717) is 18.9 Å². The molecular formula is C18H23N3O4. The van der Waals surface area contributed by atoms with Crippen LogP contribution in [0, 0.1) is 0 Å². The van der Waals surface area contributed by atoms with Gasteiger partial charge in [-0.1, -0.05) is 13.3 Å². The third-order valence-corrected chi connectivity index (χ3v) is 4.09. The molecule has 0 spiro atoms. The molecule has 0 unspecified atom stereocenters. The highest BCUT2D eigenvalue weighted by atomic mass is 16.5. The summed E-state index contributed by atoms with van der Waals surface area (Å²) in [4.78, 5) is 24.4. The fourth-order valence-corrected chi connectivity index (χ4v) is 2.84. The fourth-order valence-electron chi connectivity index (χ4n) is 2.84. The number of aromatic nitrogens is 3. The Kier molecular flexibility index (Phi) is 5.53. The number of nitrogens with zero attached hydrogens (tertiary/aromatic N) is 3. The van der Waals surface area contributed by atoms with E-state index in [1.165, 1.54) is 4.68 Å². The molecule has 25 heavy (non-hydrogen) atoms. The SMILES string of the molecule is CCCOc1ccc(OC(=O)Cn2nc3n(c2=O)CCCCC3)cc1. The van der Waals surface area contributed by atoms with Gasteiger partial charge in [-0.05, 0) is 43.5 Å². The number of esters is 1. The first-order valence-electron chi connectivity index (χ1n) is 8.77. The molecule has 7 heteroatoms. The Morgan fingerprint density at radius 1 is 1.16 bits per heavy atom. The van der Waals surface area contributed by atoms with E-state index >= 15 is 0 Å². The second-order valence-corrected chi connectivity index (χ2v) is 6.11. The number of hydrogen-bond acceptors (Lipinski definition) is 5. The van der Waals surface area contributed by atoms with E-state index in [-0.39, 0.29) is 12.2 Å². The number of ether oxygens (including phenoxy) is 2. The van der Waals surface area contributed by atoms with Crippen LogP contribution in [-0.4, -0.2) is 26.9 Å². The van der Waals surface area contributed by atoms with E-state index in [9.17, 15) is 9.59 Å². The summed E-state index contributed by atoms with van der Waals surface area (Å²) < 4.78 is 13.6. The maximum absolute atomic E-state index is 12.3. The van der Waals surface area contributed by atoms with Crippen LogP contribution in [0.2, 0.25) is 0 Å².